The Morgan fingerprint density at radius 3 is 2.60 bits per heavy atom. The van der Waals surface area contributed by atoms with Crippen molar-refractivity contribution in [1.82, 2.24) is 4.90 Å². The molecule has 1 heterocycles. The van der Waals surface area contributed by atoms with E-state index >= 15 is 0 Å². The van der Waals surface area contributed by atoms with Crippen molar-refractivity contribution in [2.75, 3.05) is 13.1 Å². The number of nitrogens with zero attached hydrogens (tertiary/aromatic N) is 1. The van der Waals surface area contributed by atoms with Crippen molar-refractivity contribution < 1.29 is 18.3 Å². The number of halogens is 3. The molecule has 1 aromatic rings. The quantitative estimate of drug-likeness (QED) is 0.919. The molecule has 2 unspecified atom stereocenters. The first-order valence-corrected chi connectivity index (χ1v) is 6.96. The second kappa shape index (κ2) is 6.59. The number of likely N-dealkylation sites (tertiary alicyclic amines) is 1. The van der Waals surface area contributed by atoms with Crippen LogP contribution in [0.15, 0.2) is 30.3 Å². The minimum atomic E-state index is -4.50. The fourth-order valence-corrected chi connectivity index (χ4v) is 2.78. The van der Waals surface area contributed by atoms with Crippen LogP contribution in [0.3, 0.4) is 0 Å². The van der Waals surface area contributed by atoms with Crippen LogP contribution in [0.4, 0.5) is 13.2 Å². The monoisotopic (exact) mass is 287 g/mol. The molecule has 5 heteroatoms. The molecule has 0 amide bonds. The van der Waals surface area contributed by atoms with Gasteiger partial charge in [0.05, 0.1) is 0 Å². The fraction of sp³-hybridized carbons (Fsp3) is 0.600. The van der Waals surface area contributed by atoms with Gasteiger partial charge in [-0.1, -0.05) is 30.3 Å². The molecule has 0 aromatic heterocycles. The predicted molar refractivity (Wildman–Crippen MR) is 71.1 cm³/mol. The summed E-state index contributed by atoms with van der Waals surface area (Å²) in [5, 5.41) is 9.17. The molecule has 1 aliphatic heterocycles. The van der Waals surface area contributed by atoms with E-state index in [0.29, 0.717) is 6.54 Å². The van der Waals surface area contributed by atoms with E-state index in [4.69, 9.17) is 0 Å². The minimum Gasteiger partial charge on any atom is -0.384 e. The standard InChI is InChI=1S/C15H20F3NO/c16-15(17,18)14(20)9-13-7-4-8-19(11-13)10-12-5-2-1-3-6-12/h1-3,5-6,13-14,20H,4,7-11H2. The van der Waals surface area contributed by atoms with Crippen LogP contribution in [-0.4, -0.2) is 35.4 Å². The highest BCUT2D eigenvalue weighted by Gasteiger charge is 2.39. The van der Waals surface area contributed by atoms with Gasteiger partial charge in [-0.15, -0.1) is 0 Å². The van der Waals surface area contributed by atoms with Crippen LogP contribution in [0, 0.1) is 5.92 Å². The van der Waals surface area contributed by atoms with Gasteiger partial charge in [0.1, 0.15) is 6.10 Å². The van der Waals surface area contributed by atoms with Gasteiger partial charge in [0, 0.05) is 13.1 Å². The SMILES string of the molecule is OC(CC1CCCN(Cc2ccccc2)C1)C(F)(F)F. The lowest BCUT2D eigenvalue weighted by Gasteiger charge is -2.34. The minimum absolute atomic E-state index is 0.0795. The summed E-state index contributed by atoms with van der Waals surface area (Å²) < 4.78 is 37.2. The van der Waals surface area contributed by atoms with Crippen LogP contribution in [0.25, 0.3) is 0 Å². The van der Waals surface area contributed by atoms with Gasteiger partial charge in [0.15, 0.2) is 0 Å². The zero-order chi connectivity index (χ0) is 14.6. The molecule has 2 atom stereocenters. The number of alkyl halides is 3. The van der Waals surface area contributed by atoms with Gasteiger partial charge < -0.3 is 5.11 Å². The zero-order valence-electron chi connectivity index (χ0n) is 11.3. The van der Waals surface area contributed by atoms with Crippen LogP contribution >= 0.6 is 0 Å². The van der Waals surface area contributed by atoms with Crippen LogP contribution in [0.1, 0.15) is 24.8 Å². The van der Waals surface area contributed by atoms with Gasteiger partial charge in [-0.3, -0.25) is 4.90 Å². The lowest BCUT2D eigenvalue weighted by molar-refractivity contribution is -0.209. The summed E-state index contributed by atoms with van der Waals surface area (Å²) in [6, 6.07) is 9.92. The number of hydrogen-bond acceptors (Lipinski definition) is 2. The molecule has 1 aromatic carbocycles. The second-order valence-corrected chi connectivity index (χ2v) is 5.52. The lowest BCUT2D eigenvalue weighted by Crippen LogP contribution is -2.39. The van der Waals surface area contributed by atoms with Crippen molar-refractivity contribution in [2.24, 2.45) is 5.92 Å². The van der Waals surface area contributed by atoms with Crippen molar-refractivity contribution in [2.45, 2.75) is 38.1 Å². The first-order valence-electron chi connectivity index (χ1n) is 6.96. The Hall–Kier alpha value is -1.07. The summed E-state index contributed by atoms with van der Waals surface area (Å²) in [5.41, 5.74) is 1.17. The Labute approximate surface area is 117 Å². The van der Waals surface area contributed by atoms with E-state index < -0.39 is 12.3 Å². The number of aliphatic hydroxyl groups excluding tert-OH is 1. The molecule has 0 saturated carbocycles. The number of hydrogen-bond donors (Lipinski definition) is 1. The van der Waals surface area contributed by atoms with Crippen molar-refractivity contribution in [3.63, 3.8) is 0 Å². The van der Waals surface area contributed by atoms with E-state index in [1.54, 1.807) is 0 Å². The first kappa shape index (κ1) is 15.3. The van der Waals surface area contributed by atoms with E-state index in [2.05, 4.69) is 4.90 Å². The first-order chi connectivity index (χ1) is 9.45. The predicted octanol–water partition coefficient (Wildman–Crippen LogP) is 3.21. The Morgan fingerprint density at radius 2 is 1.95 bits per heavy atom. The topological polar surface area (TPSA) is 23.5 Å². The average Bonchev–Trinajstić information content (AvgIpc) is 2.39. The van der Waals surface area contributed by atoms with Gasteiger partial charge in [0.25, 0.3) is 0 Å². The van der Waals surface area contributed by atoms with Crippen molar-refractivity contribution >= 4 is 0 Å². The third-order valence-electron chi connectivity index (χ3n) is 3.79. The molecule has 0 spiro atoms. The van der Waals surface area contributed by atoms with Crippen molar-refractivity contribution in [1.29, 1.82) is 0 Å². The molecule has 0 bridgehead atoms. The summed E-state index contributed by atoms with van der Waals surface area (Å²) in [6.45, 7) is 2.30. The third-order valence-corrected chi connectivity index (χ3v) is 3.79. The van der Waals surface area contributed by atoms with Gasteiger partial charge in [-0.2, -0.15) is 13.2 Å². The molecule has 0 aliphatic carbocycles. The highest BCUT2D eigenvalue weighted by atomic mass is 19.4. The number of piperidine rings is 1. The molecule has 1 aliphatic rings. The smallest absolute Gasteiger partial charge is 0.384 e. The third kappa shape index (κ3) is 4.49. The molecule has 2 nitrogen and oxygen atoms in total. The fourth-order valence-electron chi connectivity index (χ4n) is 2.78. The molecule has 1 fully saturated rings. The summed E-state index contributed by atoms with van der Waals surface area (Å²) in [7, 11) is 0. The van der Waals surface area contributed by atoms with Gasteiger partial charge in [0.2, 0.25) is 0 Å². The Kier molecular flexibility index (Phi) is 5.05. The molecular weight excluding hydrogens is 267 g/mol. The lowest BCUT2D eigenvalue weighted by atomic mass is 9.92. The van der Waals surface area contributed by atoms with Crippen LogP contribution in [0.2, 0.25) is 0 Å². The number of benzene rings is 1. The van der Waals surface area contributed by atoms with Crippen LogP contribution in [-0.2, 0) is 6.54 Å². The second-order valence-electron chi connectivity index (χ2n) is 5.52. The zero-order valence-corrected chi connectivity index (χ0v) is 11.3. The molecule has 20 heavy (non-hydrogen) atoms. The van der Waals surface area contributed by atoms with E-state index in [1.807, 2.05) is 30.3 Å². The highest BCUT2D eigenvalue weighted by Crippen LogP contribution is 2.29. The van der Waals surface area contributed by atoms with Gasteiger partial charge in [-0.25, -0.2) is 0 Å². The maximum atomic E-state index is 12.4. The van der Waals surface area contributed by atoms with Gasteiger partial charge >= 0.3 is 6.18 Å². The van der Waals surface area contributed by atoms with Gasteiger partial charge in [-0.05, 0) is 37.3 Å². The largest absolute Gasteiger partial charge is 0.414 e. The Morgan fingerprint density at radius 1 is 1.25 bits per heavy atom. The summed E-state index contributed by atoms with van der Waals surface area (Å²) in [4.78, 5) is 2.17. The number of aliphatic hydroxyl groups is 1. The highest BCUT2D eigenvalue weighted by molar-refractivity contribution is 5.14. The molecule has 112 valence electrons. The summed E-state index contributed by atoms with van der Waals surface area (Å²) in [6.07, 6.45) is -5.22. The van der Waals surface area contributed by atoms with Crippen LogP contribution < -0.4 is 0 Å². The summed E-state index contributed by atoms with van der Waals surface area (Å²) >= 11 is 0. The number of rotatable bonds is 4. The Balaban J connectivity index is 1.86. The molecule has 1 N–H and O–H groups in total. The maximum absolute atomic E-state index is 12.4. The molecule has 1 saturated heterocycles. The van der Waals surface area contributed by atoms with Crippen molar-refractivity contribution in [3.05, 3.63) is 35.9 Å². The van der Waals surface area contributed by atoms with E-state index in [0.717, 1.165) is 25.9 Å². The van der Waals surface area contributed by atoms with Crippen molar-refractivity contribution in [3.8, 4) is 0 Å². The maximum Gasteiger partial charge on any atom is 0.414 e. The van der Waals surface area contributed by atoms with Crippen LogP contribution in [0.5, 0.6) is 0 Å². The Bertz CT molecular complexity index is 407. The normalized spacial score (nSPS) is 22.7. The summed E-state index contributed by atoms with van der Waals surface area (Å²) in [5.74, 6) is -0.0795. The van der Waals surface area contributed by atoms with E-state index in [1.165, 1.54) is 5.56 Å². The van der Waals surface area contributed by atoms with E-state index in [-0.39, 0.29) is 12.3 Å². The molecule has 0 radical (unpaired) electrons. The molecule has 2 rings (SSSR count). The average molecular weight is 287 g/mol. The molecular formula is C15H20F3NO. The van der Waals surface area contributed by atoms with E-state index in [9.17, 15) is 18.3 Å².